The summed E-state index contributed by atoms with van der Waals surface area (Å²) in [6.45, 7) is 6.87. The number of nitrogens with zero attached hydrogens (tertiary/aromatic N) is 1. The van der Waals surface area contributed by atoms with Gasteiger partial charge in [0.05, 0.1) is 0 Å². The molecule has 1 heterocycles. The van der Waals surface area contributed by atoms with Gasteiger partial charge in [0.25, 0.3) is 0 Å². The molecule has 1 aromatic heterocycles. The molecule has 0 fully saturated rings. The Kier molecular flexibility index (Phi) is 6.66. The third-order valence-corrected chi connectivity index (χ3v) is 6.62. The van der Waals surface area contributed by atoms with Crippen LogP contribution >= 0.6 is 0 Å². The van der Waals surface area contributed by atoms with E-state index in [1.54, 1.807) is 0 Å². The molecule has 0 amide bonds. The van der Waals surface area contributed by atoms with E-state index in [1.807, 2.05) is 12.3 Å². The first kappa shape index (κ1) is 21.8. The Labute approximate surface area is 192 Å². The van der Waals surface area contributed by atoms with Crippen LogP contribution in [0.15, 0.2) is 109 Å². The molecule has 1 atom stereocenters. The van der Waals surface area contributed by atoms with Gasteiger partial charge < -0.3 is 0 Å². The summed E-state index contributed by atoms with van der Waals surface area (Å²) in [6, 6.07) is 36.4. The van der Waals surface area contributed by atoms with Gasteiger partial charge in [-0.15, -0.1) is 0 Å². The zero-order valence-corrected chi connectivity index (χ0v) is 19.3. The van der Waals surface area contributed by atoms with E-state index in [0.29, 0.717) is 0 Å². The van der Waals surface area contributed by atoms with Crippen molar-refractivity contribution in [3.8, 4) is 11.1 Å². The van der Waals surface area contributed by atoms with Gasteiger partial charge in [-0.2, -0.15) is 0 Å². The molecule has 4 aromatic rings. The van der Waals surface area contributed by atoms with E-state index in [2.05, 4.69) is 118 Å². The summed E-state index contributed by atoms with van der Waals surface area (Å²) in [5.74, 6) is 0. The second-order valence-corrected chi connectivity index (χ2v) is 8.72. The fourth-order valence-electron chi connectivity index (χ4n) is 4.29. The van der Waals surface area contributed by atoms with Crippen LogP contribution in [0.1, 0.15) is 50.4 Å². The summed E-state index contributed by atoms with van der Waals surface area (Å²) in [6.07, 6.45) is 3.98. The standard InChI is InChI=1S/C31H31N/c1-4-31(3,30-21-20-28(23-32-30)26-16-10-6-11-17-26)22-29(27-18-12-7-13-19-27)24(2)25-14-8-5-9-15-25/h5-21,23H,4,22H2,1-3H3/b29-24-. The highest BCUT2D eigenvalue weighted by molar-refractivity contribution is 5.90. The Morgan fingerprint density at radius 1 is 0.688 bits per heavy atom. The van der Waals surface area contributed by atoms with Crippen LogP contribution in [-0.2, 0) is 5.41 Å². The minimum atomic E-state index is -0.0591. The van der Waals surface area contributed by atoms with E-state index in [1.165, 1.54) is 27.8 Å². The van der Waals surface area contributed by atoms with Crippen LogP contribution in [0, 0.1) is 0 Å². The van der Waals surface area contributed by atoms with Crippen LogP contribution < -0.4 is 0 Å². The Hall–Kier alpha value is -3.45. The highest BCUT2D eigenvalue weighted by atomic mass is 14.7. The minimum Gasteiger partial charge on any atom is -0.260 e. The van der Waals surface area contributed by atoms with Gasteiger partial charge >= 0.3 is 0 Å². The largest absolute Gasteiger partial charge is 0.260 e. The molecule has 0 saturated heterocycles. The maximum atomic E-state index is 4.95. The molecule has 160 valence electrons. The summed E-state index contributed by atoms with van der Waals surface area (Å²) in [5.41, 5.74) is 8.73. The van der Waals surface area contributed by atoms with Crippen LogP contribution in [-0.4, -0.2) is 4.98 Å². The summed E-state index contributed by atoms with van der Waals surface area (Å²) >= 11 is 0. The molecule has 0 bridgehead atoms. The average Bonchev–Trinajstić information content (AvgIpc) is 2.88. The van der Waals surface area contributed by atoms with Gasteiger partial charge in [0, 0.05) is 22.9 Å². The van der Waals surface area contributed by atoms with Gasteiger partial charge in [-0.1, -0.05) is 111 Å². The first-order valence-corrected chi connectivity index (χ1v) is 11.4. The number of aromatic nitrogens is 1. The summed E-state index contributed by atoms with van der Waals surface area (Å²) in [4.78, 5) is 4.95. The minimum absolute atomic E-state index is 0.0591. The van der Waals surface area contributed by atoms with Crippen LogP contribution in [0.5, 0.6) is 0 Å². The van der Waals surface area contributed by atoms with E-state index < -0.39 is 0 Å². The first-order chi connectivity index (χ1) is 15.6. The maximum absolute atomic E-state index is 4.95. The molecule has 3 aromatic carbocycles. The molecule has 0 aliphatic carbocycles. The van der Waals surface area contributed by atoms with Crippen molar-refractivity contribution in [2.45, 2.75) is 39.0 Å². The smallest absolute Gasteiger partial charge is 0.0466 e. The molecule has 1 heteroatoms. The van der Waals surface area contributed by atoms with Crippen LogP contribution in [0.2, 0.25) is 0 Å². The highest BCUT2D eigenvalue weighted by Crippen LogP contribution is 2.40. The molecule has 32 heavy (non-hydrogen) atoms. The second-order valence-electron chi connectivity index (χ2n) is 8.72. The van der Waals surface area contributed by atoms with Gasteiger partial charge in [0.1, 0.15) is 0 Å². The molecule has 0 radical (unpaired) electrons. The molecule has 0 aliphatic rings. The van der Waals surface area contributed by atoms with Crippen molar-refractivity contribution in [3.05, 3.63) is 126 Å². The summed E-state index contributed by atoms with van der Waals surface area (Å²) < 4.78 is 0. The Bertz CT molecular complexity index is 1160. The van der Waals surface area contributed by atoms with E-state index in [0.717, 1.165) is 24.1 Å². The molecular weight excluding hydrogens is 386 g/mol. The number of benzene rings is 3. The van der Waals surface area contributed by atoms with Crippen LogP contribution in [0.3, 0.4) is 0 Å². The average molecular weight is 418 g/mol. The lowest BCUT2D eigenvalue weighted by atomic mass is 9.75. The van der Waals surface area contributed by atoms with Crippen molar-refractivity contribution < 1.29 is 0 Å². The van der Waals surface area contributed by atoms with Crippen molar-refractivity contribution >= 4 is 11.1 Å². The molecule has 0 spiro atoms. The summed E-state index contributed by atoms with van der Waals surface area (Å²) in [5, 5.41) is 0. The monoisotopic (exact) mass is 417 g/mol. The SMILES string of the molecule is CCC(C)(C/C(=C(\C)c1ccccc1)c1ccccc1)c1ccc(-c2ccccc2)cn1. The number of pyridine rings is 1. The number of rotatable bonds is 7. The van der Waals surface area contributed by atoms with Gasteiger partial charge in [0.2, 0.25) is 0 Å². The number of allylic oxidation sites excluding steroid dienone is 2. The van der Waals surface area contributed by atoms with Gasteiger partial charge in [0.15, 0.2) is 0 Å². The van der Waals surface area contributed by atoms with Crippen molar-refractivity contribution in [2.75, 3.05) is 0 Å². The third-order valence-electron chi connectivity index (χ3n) is 6.62. The Morgan fingerprint density at radius 3 is 1.78 bits per heavy atom. The van der Waals surface area contributed by atoms with Gasteiger partial charge in [-0.3, -0.25) is 4.98 Å². The zero-order chi connectivity index (χ0) is 22.4. The second kappa shape index (κ2) is 9.78. The Balaban J connectivity index is 1.73. The maximum Gasteiger partial charge on any atom is 0.0466 e. The van der Waals surface area contributed by atoms with Crippen molar-refractivity contribution in [2.24, 2.45) is 0 Å². The molecule has 0 aliphatic heterocycles. The van der Waals surface area contributed by atoms with E-state index >= 15 is 0 Å². The lowest BCUT2D eigenvalue weighted by Gasteiger charge is -2.30. The molecular formula is C31H31N. The van der Waals surface area contributed by atoms with Gasteiger partial charge in [-0.05, 0) is 53.7 Å². The Morgan fingerprint density at radius 2 is 1.25 bits per heavy atom. The molecule has 1 unspecified atom stereocenters. The number of hydrogen-bond acceptors (Lipinski definition) is 1. The van der Waals surface area contributed by atoms with Crippen LogP contribution in [0.4, 0.5) is 0 Å². The predicted octanol–water partition coefficient (Wildman–Crippen LogP) is 8.44. The van der Waals surface area contributed by atoms with E-state index in [-0.39, 0.29) is 5.41 Å². The quantitative estimate of drug-likeness (QED) is 0.275. The molecule has 1 nitrogen and oxygen atoms in total. The van der Waals surface area contributed by atoms with Crippen molar-refractivity contribution in [3.63, 3.8) is 0 Å². The lowest BCUT2D eigenvalue weighted by molar-refractivity contribution is 0.453. The van der Waals surface area contributed by atoms with Crippen molar-refractivity contribution in [1.82, 2.24) is 4.98 Å². The fraction of sp³-hybridized carbons (Fsp3) is 0.194. The molecule has 0 N–H and O–H groups in total. The van der Waals surface area contributed by atoms with E-state index in [4.69, 9.17) is 4.98 Å². The van der Waals surface area contributed by atoms with Gasteiger partial charge in [-0.25, -0.2) is 0 Å². The lowest BCUT2D eigenvalue weighted by Crippen LogP contribution is -2.23. The topological polar surface area (TPSA) is 12.9 Å². The predicted molar refractivity (Wildman–Crippen MR) is 137 cm³/mol. The van der Waals surface area contributed by atoms with Crippen molar-refractivity contribution in [1.29, 1.82) is 0 Å². The highest BCUT2D eigenvalue weighted by Gasteiger charge is 2.29. The zero-order valence-electron chi connectivity index (χ0n) is 19.3. The normalized spacial score (nSPS) is 13.8. The number of hydrogen-bond donors (Lipinski definition) is 0. The fourth-order valence-corrected chi connectivity index (χ4v) is 4.29. The molecule has 4 rings (SSSR count). The third kappa shape index (κ3) is 4.73. The van der Waals surface area contributed by atoms with Crippen LogP contribution in [0.25, 0.3) is 22.3 Å². The van der Waals surface area contributed by atoms with E-state index in [9.17, 15) is 0 Å². The summed E-state index contributed by atoms with van der Waals surface area (Å²) in [7, 11) is 0. The first-order valence-electron chi connectivity index (χ1n) is 11.4. The molecule has 0 saturated carbocycles.